The molecule has 2 aliphatic heterocycles. The molecule has 0 aromatic heterocycles. The van der Waals surface area contributed by atoms with Crippen LogP contribution in [0.25, 0.3) is 0 Å². The van der Waals surface area contributed by atoms with E-state index in [2.05, 4.69) is 59.5 Å². The predicted molar refractivity (Wildman–Crippen MR) is 99.4 cm³/mol. The average molecular weight is 382 g/mol. The van der Waals surface area contributed by atoms with Crippen LogP contribution >= 0.6 is 0 Å². The number of nitriles is 1. The molecular weight excluding hydrogens is 358 g/mol. The number of carbonyl (C=O) groups excluding carboxylic acids is 1. The molecule has 0 aliphatic carbocycles. The molecule has 4 nitrogen and oxygen atoms in total. The lowest BCUT2D eigenvalue weighted by Crippen LogP contribution is -3.00. The molecule has 2 atom stereocenters. The van der Waals surface area contributed by atoms with Crippen molar-refractivity contribution in [1.29, 1.82) is 5.26 Å². The monoisotopic (exact) mass is 381 g/mol. The van der Waals surface area contributed by atoms with E-state index in [4.69, 9.17) is 0 Å². The Morgan fingerprint density at radius 3 is 2.41 bits per heavy atom. The van der Waals surface area contributed by atoms with Crippen LogP contribution in [0.2, 0.25) is 0 Å². The molecule has 2 aromatic carbocycles. The van der Waals surface area contributed by atoms with Crippen LogP contribution in [0.5, 0.6) is 0 Å². The van der Waals surface area contributed by atoms with Gasteiger partial charge < -0.3 is 12.4 Å². The molecule has 140 valence electrons. The first-order chi connectivity index (χ1) is 12.7. The van der Waals surface area contributed by atoms with Crippen LogP contribution in [-0.4, -0.2) is 34.9 Å². The lowest BCUT2D eigenvalue weighted by atomic mass is 9.91. The van der Waals surface area contributed by atoms with E-state index < -0.39 is 0 Å². The van der Waals surface area contributed by atoms with Gasteiger partial charge in [-0.2, -0.15) is 5.26 Å². The molecule has 0 saturated carbocycles. The summed E-state index contributed by atoms with van der Waals surface area (Å²) < 4.78 is 0.764. The van der Waals surface area contributed by atoms with Gasteiger partial charge in [0.05, 0.1) is 32.1 Å². The number of nitrogens with zero attached hydrogens (tertiary/aromatic N) is 3. The highest BCUT2D eigenvalue weighted by Crippen LogP contribution is 2.51. The molecule has 1 amide bonds. The van der Waals surface area contributed by atoms with Crippen LogP contribution in [0.1, 0.15) is 30.4 Å². The number of rotatable bonds is 5. The van der Waals surface area contributed by atoms with Crippen molar-refractivity contribution in [2.24, 2.45) is 0 Å². The van der Waals surface area contributed by atoms with E-state index in [1.54, 1.807) is 0 Å². The number of hydrogen-bond donors (Lipinski definition) is 0. The van der Waals surface area contributed by atoms with Gasteiger partial charge >= 0.3 is 0 Å². The number of hydrogen-bond acceptors (Lipinski definition) is 2. The first-order valence-electron chi connectivity index (χ1n) is 9.35. The third-order valence-electron chi connectivity index (χ3n) is 6.19. The minimum absolute atomic E-state index is 0. The highest BCUT2D eigenvalue weighted by Gasteiger charge is 2.64. The zero-order valence-corrected chi connectivity index (χ0v) is 16.1. The van der Waals surface area contributed by atoms with Crippen molar-refractivity contribution in [3.05, 3.63) is 71.8 Å². The van der Waals surface area contributed by atoms with Crippen molar-refractivity contribution < 1.29 is 21.7 Å². The standard InChI is InChI=1S/C22H24N3O.ClH/c23-14-7-16-25(18-19-8-3-1-4-9-19)17-15-24-21(26)12-13-22(24,25)20-10-5-2-6-11-20;/h1-6,8-11H,7,12-13,15-18H2;1H/q+1;/p-1. The second kappa shape index (κ2) is 7.72. The van der Waals surface area contributed by atoms with E-state index in [0.717, 1.165) is 37.1 Å². The van der Waals surface area contributed by atoms with Crippen molar-refractivity contribution in [2.75, 3.05) is 19.6 Å². The van der Waals surface area contributed by atoms with Crippen LogP contribution in [0, 0.1) is 11.3 Å². The summed E-state index contributed by atoms with van der Waals surface area (Å²) >= 11 is 0. The third kappa shape index (κ3) is 3.01. The first-order valence-corrected chi connectivity index (χ1v) is 9.35. The second-order valence-corrected chi connectivity index (χ2v) is 7.37. The molecule has 0 bridgehead atoms. The molecule has 2 heterocycles. The Kier molecular flexibility index (Phi) is 5.55. The lowest BCUT2D eigenvalue weighted by Gasteiger charge is -2.48. The normalized spacial score (nSPS) is 26.3. The average Bonchev–Trinajstić information content (AvgIpc) is 3.19. The van der Waals surface area contributed by atoms with Gasteiger partial charge in [0.15, 0.2) is 0 Å². The van der Waals surface area contributed by atoms with Gasteiger partial charge in [-0.25, -0.2) is 0 Å². The fraction of sp³-hybridized carbons (Fsp3) is 0.364. The molecule has 2 unspecified atom stereocenters. The van der Waals surface area contributed by atoms with E-state index >= 15 is 0 Å². The molecule has 0 spiro atoms. The highest BCUT2D eigenvalue weighted by atomic mass is 35.5. The Morgan fingerprint density at radius 2 is 1.74 bits per heavy atom. The van der Waals surface area contributed by atoms with Crippen molar-refractivity contribution in [3.8, 4) is 6.07 Å². The van der Waals surface area contributed by atoms with Crippen LogP contribution in [0.4, 0.5) is 0 Å². The summed E-state index contributed by atoms with van der Waals surface area (Å²) in [6.45, 7) is 3.29. The summed E-state index contributed by atoms with van der Waals surface area (Å²) in [6.07, 6.45) is 1.92. The first kappa shape index (κ1) is 19.4. The Bertz CT molecular complexity index is 836. The van der Waals surface area contributed by atoms with Crippen LogP contribution in [-0.2, 0) is 17.0 Å². The summed E-state index contributed by atoms with van der Waals surface area (Å²) in [7, 11) is 0. The molecule has 0 radical (unpaired) electrons. The molecule has 27 heavy (non-hydrogen) atoms. The summed E-state index contributed by atoms with van der Waals surface area (Å²) in [5.41, 5.74) is 2.13. The topological polar surface area (TPSA) is 44.1 Å². The maximum Gasteiger partial charge on any atom is 0.228 e. The van der Waals surface area contributed by atoms with E-state index in [1.165, 1.54) is 11.1 Å². The summed E-state index contributed by atoms with van der Waals surface area (Å²) in [5.74, 6) is 0.249. The fourth-order valence-electron chi connectivity index (χ4n) is 5.10. The van der Waals surface area contributed by atoms with Crippen LogP contribution < -0.4 is 12.4 Å². The number of benzene rings is 2. The lowest BCUT2D eigenvalue weighted by molar-refractivity contribution is -0.989. The van der Waals surface area contributed by atoms with Gasteiger partial charge in [-0.05, 0) is 0 Å². The Morgan fingerprint density at radius 1 is 1.07 bits per heavy atom. The molecule has 4 rings (SSSR count). The maximum absolute atomic E-state index is 12.7. The van der Waals surface area contributed by atoms with Crippen molar-refractivity contribution >= 4 is 5.91 Å². The summed E-state index contributed by atoms with van der Waals surface area (Å²) in [5, 5.41) is 9.31. The number of carbonyl (C=O) groups is 1. The Hall–Kier alpha value is -2.35. The van der Waals surface area contributed by atoms with Crippen LogP contribution in [0.3, 0.4) is 0 Å². The molecule has 2 saturated heterocycles. The van der Waals surface area contributed by atoms with Gasteiger partial charge in [0.2, 0.25) is 11.6 Å². The van der Waals surface area contributed by atoms with Crippen molar-refractivity contribution in [2.45, 2.75) is 31.5 Å². The van der Waals surface area contributed by atoms with Gasteiger partial charge in [-0.15, -0.1) is 0 Å². The SMILES string of the molecule is N#CCC[N+]1(Cc2ccccc2)CCN2C(=O)CCC21c1ccccc1.[Cl-]. The smallest absolute Gasteiger partial charge is 0.228 e. The maximum atomic E-state index is 12.7. The zero-order valence-electron chi connectivity index (χ0n) is 15.4. The quantitative estimate of drug-likeness (QED) is 0.704. The summed E-state index contributed by atoms with van der Waals surface area (Å²) in [4.78, 5) is 14.8. The van der Waals surface area contributed by atoms with Crippen molar-refractivity contribution in [3.63, 3.8) is 0 Å². The predicted octanol–water partition coefficient (Wildman–Crippen LogP) is 0.410. The number of amides is 1. The number of quaternary nitrogens is 1. The minimum atomic E-state index is -0.342. The number of fused-ring (bicyclic) bond motifs is 1. The third-order valence-corrected chi connectivity index (χ3v) is 6.19. The molecule has 2 aromatic rings. The van der Waals surface area contributed by atoms with E-state index in [-0.39, 0.29) is 24.0 Å². The summed E-state index contributed by atoms with van der Waals surface area (Å²) in [6, 6.07) is 23.3. The molecule has 5 heteroatoms. The number of halogens is 1. The molecule has 2 fully saturated rings. The molecular formula is C22H24ClN3O. The van der Waals surface area contributed by atoms with Crippen LogP contribution in [0.15, 0.2) is 60.7 Å². The van der Waals surface area contributed by atoms with Gasteiger partial charge in [-0.1, -0.05) is 60.7 Å². The van der Waals surface area contributed by atoms with E-state index in [9.17, 15) is 10.1 Å². The van der Waals surface area contributed by atoms with Gasteiger partial charge in [-0.3, -0.25) is 14.2 Å². The zero-order chi connectivity index (χ0) is 18.0. The fourth-order valence-corrected chi connectivity index (χ4v) is 5.10. The molecule has 0 N–H and O–H groups in total. The highest BCUT2D eigenvalue weighted by molar-refractivity contribution is 5.80. The van der Waals surface area contributed by atoms with E-state index in [1.807, 2.05) is 12.1 Å². The Labute approximate surface area is 167 Å². The van der Waals surface area contributed by atoms with Gasteiger partial charge in [0.25, 0.3) is 0 Å². The minimum Gasteiger partial charge on any atom is -1.00 e. The van der Waals surface area contributed by atoms with E-state index in [0.29, 0.717) is 12.8 Å². The van der Waals surface area contributed by atoms with Crippen molar-refractivity contribution in [1.82, 2.24) is 4.90 Å². The largest absolute Gasteiger partial charge is 1.00 e. The second-order valence-electron chi connectivity index (χ2n) is 7.37. The van der Waals surface area contributed by atoms with Gasteiger partial charge in [0, 0.05) is 24.0 Å². The Balaban J connectivity index is 0.00000210. The molecule has 2 aliphatic rings. The van der Waals surface area contributed by atoms with Gasteiger partial charge in [0.1, 0.15) is 6.54 Å².